The molecule has 0 fully saturated rings. The van der Waals surface area contributed by atoms with E-state index in [9.17, 15) is 9.59 Å². The Balaban J connectivity index is 0. The molecule has 0 aromatic carbocycles. The lowest BCUT2D eigenvalue weighted by Crippen LogP contribution is -2.03. The van der Waals surface area contributed by atoms with Gasteiger partial charge in [0.1, 0.15) is 6.61 Å². The first-order valence-corrected chi connectivity index (χ1v) is 11.6. The minimum Gasteiger partial charge on any atom is -0.481 e. The molecule has 0 aliphatic carbocycles. The molecule has 0 amide bonds. The third kappa shape index (κ3) is 29.4. The van der Waals surface area contributed by atoms with E-state index in [1.54, 1.807) is 13.0 Å². The lowest BCUT2D eigenvalue weighted by molar-refractivity contribution is -0.142. The summed E-state index contributed by atoms with van der Waals surface area (Å²) in [4.78, 5) is 20.6. The van der Waals surface area contributed by atoms with Crippen molar-refractivity contribution in [3.63, 3.8) is 0 Å². The van der Waals surface area contributed by atoms with Gasteiger partial charge >= 0.3 is 11.9 Å². The summed E-state index contributed by atoms with van der Waals surface area (Å²) in [6.07, 6.45) is 22.6. The molecule has 0 saturated carbocycles. The minimum atomic E-state index is -0.745. The number of hydrogen-bond acceptors (Lipinski definition) is 3. The molecule has 0 aromatic heterocycles. The van der Waals surface area contributed by atoms with E-state index >= 15 is 0 Å². The highest BCUT2D eigenvalue weighted by molar-refractivity contribution is 5.69. The summed E-state index contributed by atoms with van der Waals surface area (Å²) in [6, 6.07) is 0. The molecule has 1 N–H and O–H groups in total. The molecule has 0 bridgehead atoms. The molecule has 0 atom stereocenters. The van der Waals surface area contributed by atoms with Gasteiger partial charge in [0.2, 0.25) is 0 Å². The molecule has 166 valence electrons. The minimum absolute atomic E-state index is 0.0837. The fraction of sp³-hybridized carbons (Fsp3) is 0.833. The van der Waals surface area contributed by atoms with E-state index in [-0.39, 0.29) is 12.4 Å². The van der Waals surface area contributed by atoms with Crippen LogP contribution in [0, 0.1) is 0 Å². The quantitative estimate of drug-likeness (QED) is 0.139. The summed E-state index contributed by atoms with van der Waals surface area (Å²) in [5.74, 6) is -0.829. The van der Waals surface area contributed by atoms with Gasteiger partial charge in [-0.2, -0.15) is 0 Å². The lowest BCUT2D eigenvalue weighted by atomic mass is 10.0. The zero-order valence-electron chi connectivity index (χ0n) is 18.7. The average Bonchev–Trinajstić information content (AvgIpc) is 2.69. The van der Waals surface area contributed by atoms with Crippen molar-refractivity contribution in [3.05, 3.63) is 12.7 Å². The second-order valence-electron chi connectivity index (χ2n) is 7.42. The van der Waals surface area contributed by atoms with E-state index in [0.717, 1.165) is 12.8 Å². The van der Waals surface area contributed by atoms with Crippen LogP contribution in [0.1, 0.15) is 123 Å². The number of hydrogen-bond donors (Lipinski definition) is 1. The molecular formula is C24H46O4. The van der Waals surface area contributed by atoms with E-state index < -0.39 is 5.97 Å². The van der Waals surface area contributed by atoms with Crippen molar-refractivity contribution < 1.29 is 19.4 Å². The number of rotatable bonds is 19. The maximum atomic E-state index is 11.3. The maximum absolute atomic E-state index is 11.3. The molecule has 0 aliphatic heterocycles. The lowest BCUT2D eigenvalue weighted by Gasteiger charge is -2.04. The summed E-state index contributed by atoms with van der Waals surface area (Å²) in [5, 5.41) is 7.72. The first kappa shape index (κ1) is 28.9. The summed E-state index contributed by atoms with van der Waals surface area (Å²) in [5.41, 5.74) is 0. The fourth-order valence-corrected chi connectivity index (χ4v) is 2.86. The Morgan fingerprint density at radius 2 is 1.11 bits per heavy atom. The Labute approximate surface area is 174 Å². The normalized spacial score (nSPS) is 10.1. The Kier molecular flexibility index (Phi) is 26.5. The van der Waals surface area contributed by atoms with Gasteiger partial charge in [-0.15, -0.1) is 0 Å². The van der Waals surface area contributed by atoms with Gasteiger partial charge in [-0.3, -0.25) is 9.59 Å². The monoisotopic (exact) mass is 398 g/mol. The van der Waals surface area contributed by atoms with Gasteiger partial charge in [0.25, 0.3) is 0 Å². The molecule has 4 nitrogen and oxygen atoms in total. The number of ether oxygens (including phenoxy) is 1. The van der Waals surface area contributed by atoms with Crippen LogP contribution in [0.2, 0.25) is 0 Å². The van der Waals surface area contributed by atoms with E-state index in [0.29, 0.717) is 13.0 Å². The SMILES string of the molecule is C=CCOC(=O)CCCCCCCCCCCCCCCCC.CCC(=O)O. The highest BCUT2D eigenvalue weighted by Gasteiger charge is 2.00. The molecule has 0 aromatic rings. The van der Waals surface area contributed by atoms with Crippen LogP contribution in [0.3, 0.4) is 0 Å². The van der Waals surface area contributed by atoms with E-state index in [1.807, 2.05) is 0 Å². The van der Waals surface area contributed by atoms with Crippen molar-refractivity contribution in [2.24, 2.45) is 0 Å². The second kappa shape index (κ2) is 25.7. The third-order valence-electron chi connectivity index (χ3n) is 4.65. The number of esters is 1. The van der Waals surface area contributed by atoms with E-state index in [4.69, 9.17) is 9.84 Å². The Hall–Kier alpha value is -1.32. The number of carbonyl (C=O) groups excluding carboxylic acids is 1. The number of carbonyl (C=O) groups is 2. The van der Waals surface area contributed by atoms with Crippen molar-refractivity contribution in [1.29, 1.82) is 0 Å². The molecular weight excluding hydrogens is 352 g/mol. The molecule has 0 rings (SSSR count). The van der Waals surface area contributed by atoms with Crippen LogP contribution in [0.25, 0.3) is 0 Å². The third-order valence-corrected chi connectivity index (χ3v) is 4.65. The van der Waals surface area contributed by atoms with Crippen molar-refractivity contribution in [1.82, 2.24) is 0 Å². The summed E-state index contributed by atoms with van der Waals surface area (Å²) < 4.78 is 4.95. The second-order valence-corrected chi connectivity index (χ2v) is 7.42. The van der Waals surface area contributed by atoms with Gasteiger partial charge in [-0.05, 0) is 6.42 Å². The first-order chi connectivity index (χ1) is 13.6. The predicted molar refractivity (Wildman–Crippen MR) is 119 cm³/mol. The first-order valence-electron chi connectivity index (χ1n) is 11.6. The van der Waals surface area contributed by atoms with Crippen molar-refractivity contribution in [2.45, 2.75) is 123 Å². The Morgan fingerprint density at radius 1 is 0.750 bits per heavy atom. The predicted octanol–water partition coefficient (Wildman–Crippen LogP) is 7.46. The van der Waals surface area contributed by atoms with Crippen LogP contribution in [-0.2, 0) is 14.3 Å². The van der Waals surface area contributed by atoms with Crippen molar-refractivity contribution in [2.75, 3.05) is 6.61 Å². The van der Waals surface area contributed by atoms with Gasteiger partial charge < -0.3 is 9.84 Å². The molecule has 4 heteroatoms. The fourth-order valence-electron chi connectivity index (χ4n) is 2.86. The topological polar surface area (TPSA) is 63.6 Å². The van der Waals surface area contributed by atoms with Gasteiger partial charge in [0.05, 0.1) is 0 Å². The van der Waals surface area contributed by atoms with Crippen molar-refractivity contribution >= 4 is 11.9 Å². The van der Waals surface area contributed by atoms with Gasteiger partial charge in [0.15, 0.2) is 0 Å². The average molecular weight is 399 g/mol. The van der Waals surface area contributed by atoms with Gasteiger partial charge in [-0.1, -0.05) is 116 Å². The Morgan fingerprint density at radius 3 is 1.43 bits per heavy atom. The molecule has 0 unspecified atom stereocenters. The van der Waals surface area contributed by atoms with Crippen LogP contribution >= 0.6 is 0 Å². The van der Waals surface area contributed by atoms with E-state index in [2.05, 4.69) is 13.5 Å². The highest BCUT2D eigenvalue weighted by atomic mass is 16.5. The largest absolute Gasteiger partial charge is 0.481 e. The summed E-state index contributed by atoms with van der Waals surface area (Å²) in [6.45, 7) is 7.75. The van der Waals surface area contributed by atoms with Crippen molar-refractivity contribution in [3.8, 4) is 0 Å². The van der Waals surface area contributed by atoms with Crippen LogP contribution in [0.5, 0.6) is 0 Å². The summed E-state index contributed by atoms with van der Waals surface area (Å²) >= 11 is 0. The van der Waals surface area contributed by atoms with Crippen LogP contribution in [0.4, 0.5) is 0 Å². The molecule has 0 saturated heterocycles. The van der Waals surface area contributed by atoms with Crippen LogP contribution in [-0.4, -0.2) is 23.7 Å². The molecule has 0 spiro atoms. The van der Waals surface area contributed by atoms with Crippen LogP contribution < -0.4 is 0 Å². The van der Waals surface area contributed by atoms with Crippen LogP contribution in [0.15, 0.2) is 12.7 Å². The number of aliphatic carboxylic acids is 1. The summed E-state index contributed by atoms with van der Waals surface area (Å²) in [7, 11) is 0. The van der Waals surface area contributed by atoms with E-state index in [1.165, 1.54) is 83.5 Å². The standard InChI is InChI=1S/C21H40O2.C3H6O2/c1-3-5-6-7-8-9-10-11-12-13-14-15-16-17-18-19-21(22)23-20-4-2;1-2-3(4)5/h4H,2-3,5-20H2,1H3;2H2,1H3,(H,4,5). The molecule has 0 aliphatic rings. The molecule has 0 heterocycles. The van der Waals surface area contributed by atoms with Gasteiger partial charge in [-0.25, -0.2) is 0 Å². The maximum Gasteiger partial charge on any atom is 0.306 e. The smallest absolute Gasteiger partial charge is 0.306 e. The zero-order chi connectivity index (χ0) is 21.3. The number of carboxylic acids is 1. The Bertz CT molecular complexity index is 353. The molecule has 28 heavy (non-hydrogen) atoms. The number of carboxylic acid groups (broad SMARTS) is 1. The molecule has 0 radical (unpaired) electrons. The number of unbranched alkanes of at least 4 members (excludes halogenated alkanes) is 14. The zero-order valence-corrected chi connectivity index (χ0v) is 18.7. The van der Waals surface area contributed by atoms with Gasteiger partial charge in [0, 0.05) is 12.8 Å². The highest BCUT2D eigenvalue weighted by Crippen LogP contribution is 2.13.